The molecular formula is C29H34N2O4S. The maximum absolute atomic E-state index is 13.7. The number of rotatable bonds is 10. The van der Waals surface area contributed by atoms with Gasteiger partial charge in [-0.2, -0.15) is 0 Å². The summed E-state index contributed by atoms with van der Waals surface area (Å²) < 4.78 is 11.3. The summed E-state index contributed by atoms with van der Waals surface area (Å²) in [5.41, 5.74) is 3.84. The molecule has 0 N–H and O–H groups in total. The molecule has 2 amide bonds. The van der Waals surface area contributed by atoms with Crippen molar-refractivity contribution >= 4 is 23.2 Å². The van der Waals surface area contributed by atoms with Crippen molar-refractivity contribution in [3.05, 3.63) is 87.1 Å². The third kappa shape index (κ3) is 6.15. The van der Waals surface area contributed by atoms with Crippen molar-refractivity contribution in [1.82, 2.24) is 9.80 Å². The summed E-state index contributed by atoms with van der Waals surface area (Å²) >= 11 is 1.73. The van der Waals surface area contributed by atoms with Crippen LogP contribution >= 0.6 is 11.3 Å². The monoisotopic (exact) mass is 506 g/mol. The molecule has 36 heavy (non-hydrogen) atoms. The highest BCUT2D eigenvalue weighted by Gasteiger charge is 2.33. The molecule has 2 aromatic carbocycles. The number of benzene rings is 2. The van der Waals surface area contributed by atoms with Gasteiger partial charge in [0.15, 0.2) is 0 Å². The van der Waals surface area contributed by atoms with Crippen molar-refractivity contribution in [2.75, 3.05) is 40.0 Å². The van der Waals surface area contributed by atoms with E-state index in [2.05, 4.69) is 11.4 Å². The number of carbonyl (C=O) groups is 2. The minimum Gasteiger partial charge on any atom is -0.491 e. The Morgan fingerprint density at radius 1 is 1.08 bits per heavy atom. The number of nitrogens with zero attached hydrogens (tertiary/aromatic N) is 2. The van der Waals surface area contributed by atoms with E-state index < -0.39 is 0 Å². The number of thiophene rings is 1. The molecule has 3 aromatic rings. The summed E-state index contributed by atoms with van der Waals surface area (Å²) in [6.07, 6.45) is 1.48. The minimum absolute atomic E-state index is 0.0252. The van der Waals surface area contributed by atoms with Gasteiger partial charge in [-0.25, -0.2) is 0 Å². The Bertz CT molecular complexity index is 1170. The molecule has 0 spiro atoms. The molecule has 0 saturated carbocycles. The zero-order valence-corrected chi connectivity index (χ0v) is 22.1. The van der Waals surface area contributed by atoms with Crippen LogP contribution < -0.4 is 4.74 Å². The molecule has 1 aliphatic rings. The first kappa shape index (κ1) is 25.9. The van der Waals surface area contributed by atoms with Crippen molar-refractivity contribution in [1.29, 1.82) is 0 Å². The normalized spacial score (nSPS) is 14.9. The van der Waals surface area contributed by atoms with Crippen LogP contribution in [0.5, 0.6) is 5.75 Å². The molecule has 0 bridgehead atoms. The van der Waals surface area contributed by atoms with Gasteiger partial charge in [-0.05, 0) is 67.5 Å². The Balaban J connectivity index is 1.52. The summed E-state index contributed by atoms with van der Waals surface area (Å²) in [4.78, 5) is 32.0. The molecule has 1 atom stereocenters. The Hall–Kier alpha value is -3.16. The van der Waals surface area contributed by atoms with E-state index in [1.165, 1.54) is 10.4 Å². The van der Waals surface area contributed by atoms with E-state index in [9.17, 15) is 9.59 Å². The molecule has 190 valence electrons. The number of fused-ring (bicyclic) bond motifs is 1. The topological polar surface area (TPSA) is 59.1 Å². The van der Waals surface area contributed by atoms with Crippen molar-refractivity contribution < 1.29 is 19.1 Å². The van der Waals surface area contributed by atoms with E-state index >= 15 is 0 Å². The number of hydrogen-bond donors (Lipinski definition) is 0. The van der Waals surface area contributed by atoms with Crippen LogP contribution in [0.1, 0.15) is 44.4 Å². The smallest absolute Gasteiger partial charge is 0.254 e. The number of aryl methyl sites for hydroxylation is 2. The van der Waals surface area contributed by atoms with Gasteiger partial charge >= 0.3 is 0 Å². The average Bonchev–Trinajstić information content (AvgIpc) is 3.37. The number of carbonyl (C=O) groups excluding carboxylic acids is 2. The van der Waals surface area contributed by atoms with E-state index in [0.29, 0.717) is 38.3 Å². The molecular weight excluding hydrogens is 472 g/mol. The average molecular weight is 507 g/mol. The second-order valence-electron chi connectivity index (χ2n) is 9.16. The second kappa shape index (κ2) is 12.2. The molecule has 2 heterocycles. The minimum atomic E-state index is -0.191. The standard InChI is InChI=1S/C29H34N2O4S/c1-21-9-11-23(12-10-21)35-20-26-25-14-18-36-27(25)13-16-31(26)28(32)19-30(15-6-17-34-3)29(33)24-8-5-4-7-22(24)2/h4-5,7-12,14,18,26H,6,13,15-17,19-20H2,1-3H3. The molecule has 0 radical (unpaired) electrons. The summed E-state index contributed by atoms with van der Waals surface area (Å²) in [6, 6.07) is 17.4. The van der Waals surface area contributed by atoms with Gasteiger partial charge in [-0.1, -0.05) is 35.9 Å². The maximum atomic E-state index is 13.7. The lowest BCUT2D eigenvalue weighted by Crippen LogP contribution is -2.48. The van der Waals surface area contributed by atoms with E-state index in [0.717, 1.165) is 23.3 Å². The highest BCUT2D eigenvalue weighted by Crippen LogP contribution is 2.34. The summed E-state index contributed by atoms with van der Waals surface area (Å²) in [5, 5.41) is 2.08. The number of ether oxygens (including phenoxy) is 2. The molecule has 7 heteroatoms. The van der Waals surface area contributed by atoms with Gasteiger partial charge in [-0.15, -0.1) is 11.3 Å². The third-order valence-corrected chi connectivity index (χ3v) is 7.61. The van der Waals surface area contributed by atoms with Crippen molar-refractivity contribution in [2.24, 2.45) is 0 Å². The largest absolute Gasteiger partial charge is 0.491 e. The summed E-state index contributed by atoms with van der Waals surface area (Å²) in [5.74, 6) is 0.591. The Labute approximate surface area is 217 Å². The van der Waals surface area contributed by atoms with Crippen molar-refractivity contribution in [2.45, 2.75) is 32.7 Å². The molecule has 1 aliphatic heterocycles. The fraction of sp³-hybridized carbons (Fsp3) is 0.379. The predicted octanol–water partition coefficient (Wildman–Crippen LogP) is 5.05. The van der Waals surface area contributed by atoms with Gasteiger partial charge in [0.05, 0.1) is 6.04 Å². The van der Waals surface area contributed by atoms with Crippen LogP contribution in [-0.2, 0) is 16.0 Å². The summed E-state index contributed by atoms with van der Waals surface area (Å²) in [7, 11) is 1.64. The van der Waals surface area contributed by atoms with Gasteiger partial charge in [0.1, 0.15) is 18.9 Å². The van der Waals surface area contributed by atoms with Crippen LogP contribution in [0.2, 0.25) is 0 Å². The Morgan fingerprint density at radius 3 is 2.61 bits per heavy atom. The molecule has 0 saturated heterocycles. The van der Waals surface area contributed by atoms with E-state index in [4.69, 9.17) is 9.47 Å². The fourth-order valence-electron chi connectivity index (χ4n) is 4.57. The van der Waals surface area contributed by atoms with Crippen molar-refractivity contribution in [3.8, 4) is 5.75 Å². The quantitative estimate of drug-likeness (QED) is 0.361. The Morgan fingerprint density at radius 2 is 1.86 bits per heavy atom. The van der Waals surface area contributed by atoms with E-state index in [-0.39, 0.29) is 24.4 Å². The van der Waals surface area contributed by atoms with E-state index in [1.807, 2.05) is 67.3 Å². The molecule has 0 aliphatic carbocycles. The second-order valence-corrected chi connectivity index (χ2v) is 10.2. The highest BCUT2D eigenvalue weighted by atomic mass is 32.1. The van der Waals surface area contributed by atoms with Crippen molar-refractivity contribution in [3.63, 3.8) is 0 Å². The van der Waals surface area contributed by atoms with Crippen LogP contribution in [0, 0.1) is 13.8 Å². The number of methoxy groups -OCH3 is 1. The molecule has 1 aromatic heterocycles. The van der Waals surface area contributed by atoms with Gasteiger partial charge in [-0.3, -0.25) is 9.59 Å². The van der Waals surface area contributed by atoms with Gasteiger partial charge in [0, 0.05) is 37.2 Å². The highest BCUT2D eigenvalue weighted by molar-refractivity contribution is 7.10. The molecule has 4 rings (SSSR count). The predicted molar refractivity (Wildman–Crippen MR) is 143 cm³/mol. The SMILES string of the molecule is COCCCN(CC(=O)N1CCc2sccc2C1COc1ccc(C)cc1)C(=O)c1ccccc1C. The summed E-state index contributed by atoms with van der Waals surface area (Å²) in [6.45, 7) is 5.95. The zero-order valence-electron chi connectivity index (χ0n) is 21.2. The molecule has 1 unspecified atom stereocenters. The van der Waals surface area contributed by atoms with Crippen LogP contribution in [0.15, 0.2) is 60.0 Å². The van der Waals surface area contributed by atoms with Crippen LogP contribution in [0.3, 0.4) is 0 Å². The fourth-order valence-corrected chi connectivity index (χ4v) is 5.50. The Kier molecular flexibility index (Phi) is 8.78. The number of amides is 2. The van der Waals surface area contributed by atoms with Gasteiger partial charge < -0.3 is 19.3 Å². The molecule has 6 nitrogen and oxygen atoms in total. The first-order chi connectivity index (χ1) is 17.5. The number of hydrogen-bond acceptors (Lipinski definition) is 5. The van der Waals surface area contributed by atoms with Gasteiger partial charge in [0.2, 0.25) is 5.91 Å². The first-order valence-corrected chi connectivity index (χ1v) is 13.2. The zero-order chi connectivity index (χ0) is 25.5. The van der Waals surface area contributed by atoms with Crippen LogP contribution in [0.4, 0.5) is 0 Å². The first-order valence-electron chi connectivity index (χ1n) is 12.4. The van der Waals surface area contributed by atoms with Gasteiger partial charge in [0.25, 0.3) is 5.91 Å². The lowest BCUT2D eigenvalue weighted by molar-refractivity contribution is -0.135. The van der Waals surface area contributed by atoms with Crippen LogP contribution in [0.25, 0.3) is 0 Å². The maximum Gasteiger partial charge on any atom is 0.254 e. The van der Waals surface area contributed by atoms with E-state index in [1.54, 1.807) is 23.3 Å². The lowest BCUT2D eigenvalue weighted by atomic mass is 10.00. The molecule has 0 fully saturated rings. The van der Waals surface area contributed by atoms with Crippen LogP contribution in [-0.4, -0.2) is 61.6 Å². The lowest BCUT2D eigenvalue weighted by Gasteiger charge is -2.37. The third-order valence-electron chi connectivity index (χ3n) is 6.61.